The van der Waals surface area contributed by atoms with Crippen LogP contribution in [0.2, 0.25) is 0 Å². The van der Waals surface area contributed by atoms with Gasteiger partial charge in [-0.05, 0) is 24.0 Å². The Morgan fingerprint density at radius 2 is 1.67 bits per heavy atom. The molecule has 0 radical (unpaired) electrons. The molecule has 0 aliphatic carbocycles. The summed E-state index contributed by atoms with van der Waals surface area (Å²) < 4.78 is 1.65. The van der Waals surface area contributed by atoms with Crippen molar-refractivity contribution in [3.05, 3.63) is 33.7 Å². The molecule has 0 spiro atoms. The Morgan fingerprint density at radius 3 is 2.00 bits per heavy atom. The molecule has 0 atom stereocenters. The van der Waals surface area contributed by atoms with E-state index in [1.807, 2.05) is 33.0 Å². The van der Waals surface area contributed by atoms with E-state index < -0.39 is 0 Å². The molecule has 2 nitrogen and oxygen atoms in total. The predicted molar refractivity (Wildman–Crippen MR) is 66.5 cm³/mol. The summed E-state index contributed by atoms with van der Waals surface area (Å²) in [6.45, 7) is 12.3. The van der Waals surface area contributed by atoms with Crippen molar-refractivity contribution in [1.29, 1.82) is 0 Å². The highest BCUT2D eigenvalue weighted by Crippen LogP contribution is 2.21. The fraction of sp³-hybridized carbons (Fsp3) is 0.615. The van der Waals surface area contributed by atoms with Gasteiger partial charge < -0.3 is 4.57 Å². The third-order valence-electron chi connectivity index (χ3n) is 2.23. The minimum Gasteiger partial charge on any atom is -0.318 e. The van der Waals surface area contributed by atoms with E-state index in [1.54, 1.807) is 11.6 Å². The molecule has 0 bridgehead atoms. The molecule has 0 aliphatic rings. The Morgan fingerprint density at radius 1 is 1.20 bits per heavy atom. The molecule has 0 unspecified atom stereocenters. The van der Waals surface area contributed by atoms with E-state index in [2.05, 4.69) is 20.8 Å². The summed E-state index contributed by atoms with van der Waals surface area (Å²) >= 11 is 0. The van der Waals surface area contributed by atoms with E-state index in [9.17, 15) is 4.79 Å². The highest BCUT2D eigenvalue weighted by Gasteiger charge is 2.15. The van der Waals surface area contributed by atoms with E-state index in [0.717, 1.165) is 5.56 Å². The van der Waals surface area contributed by atoms with Gasteiger partial charge in [0.15, 0.2) is 0 Å². The minimum absolute atomic E-state index is 0.0907. The highest BCUT2D eigenvalue weighted by molar-refractivity contribution is 5.24. The van der Waals surface area contributed by atoms with Crippen molar-refractivity contribution < 1.29 is 0 Å². The van der Waals surface area contributed by atoms with Gasteiger partial charge in [0.2, 0.25) is 0 Å². The van der Waals surface area contributed by atoms with Crippen molar-refractivity contribution in [3.63, 3.8) is 0 Å². The third kappa shape index (κ3) is 3.54. The maximum absolute atomic E-state index is 11.4. The average Bonchev–Trinajstić information content (AvgIpc) is 2.15. The normalized spacial score (nSPS) is 10.6. The molecular weight excluding hydrogens is 186 g/mol. The smallest absolute Gasteiger partial charge is 0.253 e. The fourth-order valence-electron chi connectivity index (χ4n) is 1.29. The maximum Gasteiger partial charge on any atom is 0.253 e. The highest BCUT2D eigenvalue weighted by atomic mass is 16.1. The Labute approximate surface area is 92.9 Å². The van der Waals surface area contributed by atoms with Crippen molar-refractivity contribution >= 4 is 0 Å². The van der Waals surface area contributed by atoms with E-state index in [-0.39, 0.29) is 11.0 Å². The van der Waals surface area contributed by atoms with Crippen LogP contribution in [0.25, 0.3) is 0 Å². The van der Waals surface area contributed by atoms with Crippen molar-refractivity contribution in [2.45, 2.75) is 47.0 Å². The average molecular weight is 209 g/mol. The van der Waals surface area contributed by atoms with Gasteiger partial charge in [0.25, 0.3) is 5.56 Å². The summed E-state index contributed by atoms with van der Waals surface area (Å²) in [7, 11) is 1.80. The first-order chi connectivity index (χ1) is 6.82. The number of aromatic nitrogens is 1. The lowest BCUT2D eigenvalue weighted by Crippen LogP contribution is -2.23. The lowest BCUT2D eigenvalue weighted by Gasteiger charge is -2.20. The van der Waals surface area contributed by atoms with Crippen molar-refractivity contribution in [2.75, 3.05) is 0 Å². The molecule has 0 aromatic carbocycles. The van der Waals surface area contributed by atoms with Crippen LogP contribution in [0.5, 0.6) is 0 Å². The molecule has 0 amide bonds. The summed E-state index contributed by atoms with van der Waals surface area (Å²) in [6, 6.07) is 1.97. The molecule has 86 valence electrons. The van der Waals surface area contributed by atoms with Gasteiger partial charge >= 0.3 is 0 Å². The fourth-order valence-corrected chi connectivity index (χ4v) is 1.29. The topological polar surface area (TPSA) is 22.0 Å². The summed E-state index contributed by atoms with van der Waals surface area (Å²) in [6.07, 6.45) is 1.91. The Kier molecular flexibility index (Phi) is 4.79. The minimum atomic E-state index is 0.0907. The van der Waals surface area contributed by atoms with Crippen LogP contribution in [0.3, 0.4) is 0 Å². The number of hydrogen-bond acceptors (Lipinski definition) is 1. The molecule has 1 rings (SSSR count). The zero-order valence-corrected chi connectivity index (χ0v) is 11.0. The SMILES string of the molecule is CC.Cc1cc(C(C)(C)C)cn(C)c1=O. The standard InChI is InChI=1S/C11H17NO.C2H6/c1-8-6-9(11(2,3)4)7-12(5)10(8)13;1-2/h6-7H,1-5H3;1-2H3. The quantitative estimate of drug-likeness (QED) is 0.644. The summed E-state index contributed by atoms with van der Waals surface area (Å²) in [5, 5.41) is 0. The van der Waals surface area contributed by atoms with Crippen LogP contribution < -0.4 is 5.56 Å². The number of rotatable bonds is 0. The molecular formula is C13H23NO. The van der Waals surface area contributed by atoms with E-state index in [1.165, 1.54) is 5.56 Å². The number of pyridine rings is 1. The summed E-state index contributed by atoms with van der Waals surface area (Å²) in [5.41, 5.74) is 2.21. The summed E-state index contributed by atoms with van der Waals surface area (Å²) in [4.78, 5) is 11.4. The van der Waals surface area contributed by atoms with Crippen LogP contribution in [0.4, 0.5) is 0 Å². The largest absolute Gasteiger partial charge is 0.318 e. The van der Waals surface area contributed by atoms with Crippen LogP contribution in [0.15, 0.2) is 17.1 Å². The van der Waals surface area contributed by atoms with Crippen molar-refractivity contribution in [1.82, 2.24) is 4.57 Å². The first kappa shape index (κ1) is 13.9. The molecule has 0 fully saturated rings. The molecule has 0 aliphatic heterocycles. The lowest BCUT2D eigenvalue weighted by atomic mass is 9.87. The van der Waals surface area contributed by atoms with Crippen LogP contribution >= 0.6 is 0 Å². The first-order valence-corrected chi connectivity index (χ1v) is 5.50. The van der Waals surface area contributed by atoms with E-state index in [4.69, 9.17) is 0 Å². The lowest BCUT2D eigenvalue weighted by molar-refractivity contribution is 0.579. The van der Waals surface area contributed by atoms with Crippen molar-refractivity contribution in [3.8, 4) is 0 Å². The Hall–Kier alpha value is -1.05. The monoisotopic (exact) mass is 209 g/mol. The van der Waals surface area contributed by atoms with Crippen LogP contribution in [-0.4, -0.2) is 4.57 Å². The second kappa shape index (κ2) is 5.15. The second-order valence-corrected chi connectivity index (χ2v) is 4.58. The molecule has 1 aromatic heterocycles. The number of hydrogen-bond donors (Lipinski definition) is 0. The summed E-state index contributed by atoms with van der Waals surface area (Å²) in [5.74, 6) is 0. The van der Waals surface area contributed by atoms with Gasteiger partial charge in [0, 0.05) is 18.8 Å². The van der Waals surface area contributed by atoms with Gasteiger partial charge in [-0.2, -0.15) is 0 Å². The second-order valence-electron chi connectivity index (χ2n) is 4.58. The molecule has 1 heterocycles. The molecule has 0 saturated heterocycles. The van der Waals surface area contributed by atoms with Gasteiger partial charge in [0.05, 0.1) is 0 Å². The number of nitrogens with zero attached hydrogens (tertiary/aromatic N) is 1. The van der Waals surface area contributed by atoms with Gasteiger partial charge in [-0.15, -0.1) is 0 Å². The van der Waals surface area contributed by atoms with Gasteiger partial charge in [-0.1, -0.05) is 34.6 Å². The molecule has 15 heavy (non-hydrogen) atoms. The van der Waals surface area contributed by atoms with Crippen LogP contribution in [-0.2, 0) is 12.5 Å². The maximum atomic E-state index is 11.4. The van der Waals surface area contributed by atoms with Gasteiger partial charge in [-0.3, -0.25) is 4.79 Å². The number of aryl methyl sites for hydroxylation is 2. The zero-order valence-electron chi connectivity index (χ0n) is 11.0. The first-order valence-electron chi connectivity index (χ1n) is 5.50. The van der Waals surface area contributed by atoms with Crippen LogP contribution in [0.1, 0.15) is 45.7 Å². The molecule has 2 heteroatoms. The van der Waals surface area contributed by atoms with Gasteiger partial charge in [-0.25, -0.2) is 0 Å². The third-order valence-corrected chi connectivity index (χ3v) is 2.23. The molecule has 1 aromatic rings. The molecule has 0 N–H and O–H groups in total. The van der Waals surface area contributed by atoms with Crippen LogP contribution in [0, 0.1) is 6.92 Å². The zero-order chi connectivity index (χ0) is 12.2. The Bertz CT molecular complexity index is 343. The van der Waals surface area contributed by atoms with Crippen molar-refractivity contribution in [2.24, 2.45) is 7.05 Å². The van der Waals surface area contributed by atoms with E-state index in [0.29, 0.717) is 0 Å². The Balaban J connectivity index is 0.000000921. The molecule has 0 saturated carbocycles. The van der Waals surface area contributed by atoms with Gasteiger partial charge in [0.1, 0.15) is 0 Å². The predicted octanol–water partition coefficient (Wildman–Crippen LogP) is 3.02. The van der Waals surface area contributed by atoms with E-state index >= 15 is 0 Å².